The molecule has 0 radical (unpaired) electrons. The Labute approximate surface area is 149 Å². The highest BCUT2D eigenvalue weighted by atomic mass is 16.5. The van der Waals surface area contributed by atoms with E-state index in [1.54, 1.807) is 7.11 Å². The van der Waals surface area contributed by atoms with Gasteiger partial charge in [-0.3, -0.25) is 4.79 Å². The second kappa shape index (κ2) is 5.99. The Balaban J connectivity index is 2.39. The van der Waals surface area contributed by atoms with Crippen LogP contribution in [-0.2, 0) is 10.2 Å². The second-order valence-corrected chi connectivity index (χ2v) is 7.67. The molecule has 2 N–H and O–H groups in total. The molecule has 1 fully saturated rings. The average molecular weight is 348 g/mol. The van der Waals surface area contributed by atoms with Crippen LogP contribution >= 0.6 is 0 Å². The summed E-state index contributed by atoms with van der Waals surface area (Å²) in [5.74, 6) is 0.676. The number of rotatable bonds is 4. The van der Waals surface area contributed by atoms with Crippen LogP contribution in [0.2, 0.25) is 0 Å². The minimum Gasteiger partial charge on any atom is -0.493 e. The molecule has 138 valence electrons. The molecule has 1 heterocycles. The Morgan fingerprint density at radius 3 is 2.64 bits per heavy atom. The number of hydrogen-bond acceptors (Lipinski definition) is 5. The molecule has 4 atom stereocenters. The van der Waals surface area contributed by atoms with Crippen LogP contribution < -0.4 is 9.47 Å². The minimum atomic E-state index is -1.45. The highest BCUT2D eigenvalue weighted by molar-refractivity contribution is 5.90. The lowest BCUT2D eigenvalue weighted by Crippen LogP contribution is -2.71. The average Bonchev–Trinajstić information content (AvgIpc) is 2.91. The van der Waals surface area contributed by atoms with Crippen molar-refractivity contribution in [3.63, 3.8) is 0 Å². The number of benzene rings is 1. The smallest absolute Gasteiger partial charge is 0.177 e. The van der Waals surface area contributed by atoms with Gasteiger partial charge in [0.2, 0.25) is 0 Å². The van der Waals surface area contributed by atoms with Gasteiger partial charge in [0.15, 0.2) is 23.4 Å². The lowest BCUT2D eigenvalue weighted by atomic mass is 9.52. The molecule has 1 aliphatic heterocycles. The zero-order valence-corrected chi connectivity index (χ0v) is 15.6. The molecule has 0 bridgehead atoms. The normalized spacial score (nSPS) is 33.8. The molecule has 5 heteroatoms. The summed E-state index contributed by atoms with van der Waals surface area (Å²) in [5, 5.41) is 22.6. The van der Waals surface area contributed by atoms with Crippen LogP contribution in [0.1, 0.15) is 51.2 Å². The third kappa shape index (κ3) is 2.12. The first-order valence-electron chi connectivity index (χ1n) is 9.03. The van der Waals surface area contributed by atoms with E-state index in [1.807, 2.05) is 39.8 Å². The summed E-state index contributed by atoms with van der Waals surface area (Å²) in [6.45, 7) is 7.75. The van der Waals surface area contributed by atoms with E-state index in [2.05, 4.69) is 0 Å². The number of fused-ring (bicyclic) bond motifs is 3. The lowest BCUT2D eigenvalue weighted by Gasteiger charge is -2.55. The van der Waals surface area contributed by atoms with Gasteiger partial charge >= 0.3 is 0 Å². The number of Topliss-reactive ketones (excluding diaryl/α,β-unsaturated/α-hetero) is 1. The predicted octanol–water partition coefficient (Wildman–Crippen LogP) is 2.52. The first kappa shape index (κ1) is 18.2. The third-order valence-corrected chi connectivity index (χ3v) is 6.11. The first-order chi connectivity index (χ1) is 11.8. The molecule has 0 aromatic heterocycles. The summed E-state index contributed by atoms with van der Waals surface area (Å²) >= 11 is 0. The second-order valence-electron chi connectivity index (χ2n) is 7.67. The summed E-state index contributed by atoms with van der Waals surface area (Å²) in [6, 6.07) is 3.74. The zero-order valence-electron chi connectivity index (χ0n) is 15.6. The van der Waals surface area contributed by atoms with E-state index in [0.29, 0.717) is 17.9 Å². The molecule has 5 nitrogen and oxygen atoms in total. The number of carbonyl (C=O) groups is 1. The van der Waals surface area contributed by atoms with Gasteiger partial charge in [0.05, 0.1) is 18.6 Å². The molecular formula is C20H28O5. The van der Waals surface area contributed by atoms with E-state index in [-0.39, 0.29) is 18.1 Å². The van der Waals surface area contributed by atoms with Crippen molar-refractivity contribution < 1.29 is 24.5 Å². The lowest BCUT2D eigenvalue weighted by molar-refractivity contribution is -0.199. The van der Waals surface area contributed by atoms with Crippen molar-refractivity contribution in [3.05, 3.63) is 23.3 Å². The quantitative estimate of drug-likeness (QED) is 0.874. The first-order valence-corrected chi connectivity index (χ1v) is 9.03. The molecule has 1 saturated carbocycles. The van der Waals surface area contributed by atoms with Gasteiger partial charge < -0.3 is 19.7 Å². The zero-order chi connectivity index (χ0) is 18.6. The van der Waals surface area contributed by atoms with Gasteiger partial charge in [0.1, 0.15) is 5.60 Å². The number of aryl methyl sites for hydroxylation is 1. The van der Waals surface area contributed by atoms with Gasteiger partial charge in [0.25, 0.3) is 0 Å². The van der Waals surface area contributed by atoms with Gasteiger partial charge in [-0.1, -0.05) is 33.3 Å². The largest absolute Gasteiger partial charge is 0.493 e. The van der Waals surface area contributed by atoms with Crippen LogP contribution in [0.25, 0.3) is 0 Å². The maximum absolute atomic E-state index is 12.8. The highest BCUT2D eigenvalue weighted by Gasteiger charge is 2.70. The molecular weight excluding hydrogens is 320 g/mol. The number of aliphatic hydroxyl groups excluding tert-OH is 1. The topological polar surface area (TPSA) is 76.0 Å². The van der Waals surface area contributed by atoms with Crippen LogP contribution in [0, 0.1) is 12.8 Å². The van der Waals surface area contributed by atoms with Crippen molar-refractivity contribution in [2.45, 2.75) is 70.2 Å². The predicted molar refractivity (Wildman–Crippen MR) is 94.2 cm³/mol. The number of ketones is 1. The number of aliphatic hydroxyl groups is 2. The van der Waals surface area contributed by atoms with Gasteiger partial charge in [-0.25, -0.2) is 0 Å². The van der Waals surface area contributed by atoms with Crippen molar-refractivity contribution in [2.75, 3.05) is 7.11 Å². The van der Waals surface area contributed by atoms with Crippen molar-refractivity contribution in [1.82, 2.24) is 0 Å². The molecule has 1 aliphatic carbocycles. The molecule has 1 aromatic rings. The Morgan fingerprint density at radius 1 is 1.40 bits per heavy atom. The molecule has 1 aromatic carbocycles. The number of hydrogen-bond donors (Lipinski definition) is 2. The van der Waals surface area contributed by atoms with E-state index in [1.165, 1.54) is 0 Å². The summed E-state index contributed by atoms with van der Waals surface area (Å²) < 4.78 is 11.6. The Bertz CT molecular complexity index is 698. The summed E-state index contributed by atoms with van der Waals surface area (Å²) in [6.07, 6.45) is -0.711. The van der Waals surface area contributed by atoms with Gasteiger partial charge in [-0.15, -0.1) is 0 Å². The maximum atomic E-state index is 12.8. The molecule has 0 spiro atoms. The standard InChI is InChI=1S/C20H28O5/c1-6-9-19-16-12(4)7-8-14(24-5)17(16)25-18(19)13(21)10-15(22)20(19,23)11(2)3/h7-8,11,15,18,22-23H,6,9-10H2,1-5H3. The van der Waals surface area contributed by atoms with Crippen molar-refractivity contribution >= 4 is 5.78 Å². The van der Waals surface area contributed by atoms with E-state index in [9.17, 15) is 15.0 Å². The number of ether oxygens (including phenoxy) is 2. The maximum Gasteiger partial charge on any atom is 0.177 e. The fourth-order valence-electron chi connectivity index (χ4n) is 5.10. The summed E-state index contributed by atoms with van der Waals surface area (Å²) in [4.78, 5) is 12.8. The van der Waals surface area contributed by atoms with Gasteiger partial charge in [0, 0.05) is 12.0 Å². The molecule has 0 amide bonds. The molecule has 2 aliphatic rings. The number of methoxy groups -OCH3 is 1. The fraction of sp³-hybridized carbons (Fsp3) is 0.650. The summed E-state index contributed by atoms with van der Waals surface area (Å²) in [5.41, 5.74) is -0.683. The third-order valence-electron chi connectivity index (χ3n) is 6.11. The highest BCUT2D eigenvalue weighted by Crippen LogP contribution is 2.61. The van der Waals surface area contributed by atoms with E-state index >= 15 is 0 Å². The number of carbonyl (C=O) groups excluding carboxylic acids is 1. The van der Waals surface area contributed by atoms with Gasteiger partial charge in [-0.05, 0) is 30.9 Å². The van der Waals surface area contributed by atoms with Crippen LogP contribution in [0.15, 0.2) is 12.1 Å². The van der Waals surface area contributed by atoms with Crippen LogP contribution in [0.5, 0.6) is 11.5 Å². The van der Waals surface area contributed by atoms with Crippen LogP contribution in [-0.4, -0.2) is 40.9 Å². The van der Waals surface area contributed by atoms with Crippen molar-refractivity contribution in [1.29, 1.82) is 0 Å². The Hall–Kier alpha value is -1.59. The molecule has 0 saturated heterocycles. The monoisotopic (exact) mass is 348 g/mol. The van der Waals surface area contributed by atoms with E-state index in [4.69, 9.17) is 9.47 Å². The van der Waals surface area contributed by atoms with Crippen molar-refractivity contribution in [3.8, 4) is 11.5 Å². The molecule has 25 heavy (non-hydrogen) atoms. The van der Waals surface area contributed by atoms with Crippen LogP contribution in [0.4, 0.5) is 0 Å². The minimum absolute atomic E-state index is 0.0971. The Kier molecular flexibility index (Phi) is 4.36. The fourth-order valence-corrected chi connectivity index (χ4v) is 5.10. The van der Waals surface area contributed by atoms with E-state index in [0.717, 1.165) is 17.5 Å². The molecule has 3 rings (SSSR count). The van der Waals surface area contributed by atoms with E-state index < -0.39 is 23.2 Å². The Morgan fingerprint density at radius 2 is 2.08 bits per heavy atom. The van der Waals surface area contributed by atoms with Gasteiger partial charge in [-0.2, -0.15) is 0 Å². The summed E-state index contributed by atoms with van der Waals surface area (Å²) in [7, 11) is 1.56. The molecule has 4 unspecified atom stereocenters. The van der Waals surface area contributed by atoms with Crippen molar-refractivity contribution in [2.24, 2.45) is 5.92 Å². The SMILES string of the molecule is CCCC12c3c(C)ccc(OC)c3OC1C(=O)CC(O)C2(O)C(C)C. The van der Waals surface area contributed by atoms with Crippen LogP contribution in [0.3, 0.4) is 0 Å².